The molecule has 5 nitrogen and oxygen atoms in total. The summed E-state index contributed by atoms with van der Waals surface area (Å²) in [5.41, 5.74) is -1.44. The molecule has 0 saturated heterocycles. The first kappa shape index (κ1) is 12.8. The summed E-state index contributed by atoms with van der Waals surface area (Å²) in [5, 5.41) is 19.0. The van der Waals surface area contributed by atoms with Crippen molar-refractivity contribution >= 4 is 17.5 Å². The number of ketones is 2. The molecule has 0 heterocycles. The second-order valence-corrected chi connectivity index (χ2v) is 5.17. The van der Waals surface area contributed by atoms with Gasteiger partial charge in [0.2, 0.25) is 0 Å². The van der Waals surface area contributed by atoms with E-state index >= 15 is 0 Å². The maximum Gasteiger partial charge on any atom is 0.310 e. The van der Waals surface area contributed by atoms with Crippen molar-refractivity contribution in [2.75, 3.05) is 0 Å². The summed E-state index contributed by atoms with van der Waals surface area (Å²) in [6, 6.07) is 0. The van der Waals surface area contributed by atoms with Gasteiger partial charge >= 0.3 is 5.97 Å². The van der Waals surface area contributed by atoms with Crippen molar-refractivity contribution in [3.63, 3.8) is 0 Å². The average molecular weight is 252 g/mol. The van der Waals surface area contributed by atoms with Crippen LogP contribution < -0.4 is 0 Å². The number of aliphatic hydroxyl groups excluding tert-OH is 1. The van der Waals surface area contributed by atoms with E-state index in [1.165, 1.54) is 0 Å². The minimum atomic E-state index is -1.29. The van der Waals surface area contributed by atoms with Gasteiger partial charge in [0.05, 0.1) is 11.0 Å². The van der Waals surface area contributed by atoms with E-state index in [9.17, 15) is 24.6 Å². The minimum Gasteiger partial charge on any atom is -0.511 e. The van der Waals surface area contributed by atoms with Crippen molar-refractivity contribution in [1.29, 1.82) is 0 Å². The van der Waals surface area contributed by atoms with Crippen molar-refractivity contribution in [3.8, 4) is 0 Å². The van der Waals surface area contributed by atoms with Crippen LogP contribution in [0.1, 0.15) is 39.0 Å². The van der Waals surface area contributed by atoms with E-state index in [-0.39, 0.29) is 36.5 Å². The van der Waals surface area contributed by atoms with Gasteiger partial charge in [-0.1, -0.05) is 6.92 Å². The summed E-state index contributed by atoms with van der Waals surface area (Å²) < 4.78 is 0. The molecule has 0 aromatic carbocycles. The fourth-order valence-electron chi connectivity index (χ4n) is 2.41. The molecule has 0 bridgehead atoms. The van der Waals surface area contributed by atoms with Crippen LogP contribution in [-0.2, 0) is 14.4 Å². The number of hydrogen-bond donors (Lipinski definition) is 2. The van der Waals surface area contributed by atoms with Crippen LogP contribution in [0, 0.1) is 11.3 Å². The van der Waals surface area contributed by atoms with E-state index < -0.39 is 23.0 Å². The van der Waals surface area contributed by atoms with Crippen molar-refractivity contribution in [2.24, 2.45) is 11.3 Å². The van der Waals surface area contributed by atoms with Gasteiger partial charge in [0.25, 0.3) is 0 Å². The lowest BCUT2D eigenvalue weighted by Gasteiger charge is -2.31. The number of allylic oxidation sites excluding steroid dienone is 2. The number of carboxylic acid groups (broad SMARTS) is 1. The van der Waals surface area contributed by atoms with Gasteiger partial charge in [0.1, 0.15) is 5.76 Å². The van der Waals surface area contributed by atoms with Gasteiger partial charge in [-0.2, -0.15) is 0 Å². The molecule has 2 saturated carbocycles. The Labute approximate surface area is 104 Å². The fourth-order valence-corrected chi connectivity index (χ4v) is 2.41. The van der Waals surface area contributed by atoms with E-state index in [1.807, 2.05) is 0 Å². The Morgan fingerprint density at radius 3 is 2.06 bits per heavy atom. The Bertz CT molecular complexity index is 436. The standard InChI is InChI=1S/C13H16O5/c1-2-13(12(17)18)5-8(14)10(9(15)6-13)11(16)7-3-4-7/h7,16H,2-6H2,1H3,(H,17,18). The van der Waals surface area contributed by atoms with Crippen molar-refractivity contribution in [1.82, 2.24) is 0 Å². The van der Waals surface area contributed by atoms with Crippen LogP contribution in [0.3, 0.4) is 0 Å². The van der Waals surface area contributed by atoms with E-state index in [0.717, 1.165) is 12.8 Å². The van der Waals surface area contributed by atoms with Gasteiger partial charge in [-0.3, -0.25) is 14.4 Å². The zero-order valence-electron chi connectivity index (χ0n) is 10.2. The van der Waals surface area contributed by atoms with Gasteiger partial charge in [0.15, 0.2) is 11.6 Å². The molecule has 2 aliphatic rings. The summed E-state index contributed by atoms with van der Waals surface area (Å²) in [5.74, 6) is -2.37. The van der Waals surface area contributed by atoms with E-state index in [1.54, 1.807) is 6.92 Å². The number of carbonyl (C=O) groups is 3. The van der Waals surface area contributed by atoms with E-state index in [4.69, 9.17) is 0 Å². The maximum atomic E-state index is 12.0. The lowest BCUT2D eigenvalue weighted by molar-refractivity contribution is -0.155. The molecule has 0 aromatic rings. The van der Waals surface area contributed by atoms with Crippen LogP contribution in [0.4, 0.5) is 0 Å². The second kappa shape index (κ2) is 4.23. The van der Waals surface area contributed by atoms with Gasteiger partial charge in [-0.25, -0.2) is 0 Å². The Balaban J connectivity index is 2.33. The number of aliphatic hydroxyl groups is 1. The van der Waals surface area contributed by atoms with Gasteiger partial charge in [-0.05, 0) is 19.3 Å². The molecule has 2 fully saturated rings. The third kappa shape index (κ3) is 1.94. The Hall–Kier alpha value is -1.65. The quantitative estimate of drug-likeness (QED) is 0.452. The molecule has 5 heteroatoms. The van der Waals surface area contributed by atoms with Crippen LogP contribution >= 0.6 is 0 Å². The molecule has 0 spiro atoms. The van der Waals surface area contributed by atoms with Crippen molar-refractivity contribution < 1.29 is 24.6 Å². The average Bonchev–Trinajstić information content (AvgIpc) is 3.10. The fraction of sp³-hybridized carbons (Fsp3) is 0.615. The molecule has 0 aromatic heterocycles. The lowest BCUT2D eigenvalue weighted by Crippen LogP contribution is -2.41. The molecular formula is C13H16O5. The largest absolute Gasteiger partial charge is 0.511 e. The molecular weight excluding hydrogens is 236 g/mol. The summed E-state index contributed by atoms with van der Waals surface area (Å²) in [6.07, 6.45) is 1.41. The monoisotopic (exact) mass is 252 g/mol. The lowest BCUT2D eigenvalue weighted by atomic mass is 9.69. The number of carbonyl (C=O) groups excluding carboxylic acids is 2. The van der Waals surface area contributed by atoms with Gasteiger partial charge < -0.3 is 10.2 Å². The second-order valence-electron chi connectivity index (χ2n) is 5.17. The third-order valence-electron chi connectivity index (χ3n) is 3.91. The van der Waals surface area contributed by atoms with Crippen molar-refractivity contribution in [2.45, 2.75) is 39.0 Å². The molecule has 0 radical (unpaired) electrons. The molecule has 0 atom stereocenters. The van der Waals surface area contributed by atoms with E-state index in [0.29, 0.717) is 0 Å². The van der Waals surface area contributed by atoms with Crippen LogP contribution in [0.15, 0.2) is 11.3 Å². The first-order valence-corrected chi connectivity index (χ1v) is 6.14. The highest BCUT2D eigenvalue weighted by Crippen LogP contribution is 2.42. The Morgan fingerprint density at radius 1 is 1.22 bits per heavy atom. The van der Waals surface area contributed by atoms with E-state index in [2.05, 4.69) is 0 Å². The zero-order valence-corrected chi connectivity index (χ0v) is 10.2. The molecule has 0 unspecified atom stereocenters. The highest BCUT2D eigenvalue weighted by Gasteiger charge is 2.48. The summed E-state index contributed by atoms with van der Waals surface area (Å²) in [6.45, 7) is 1.66. The van der Waals surface area contributed by atoms with Crippen LogP contribution in [0.25, 0.3) is 0 Å². The summed E-state index contributed by atoms with van der Waals surface area (Å²) >= 11 is 0. The van der Waals surface area contributed by atoms with Crippen LogP contribution in [0.2, 0.25) is 0 Å². The zero-order chi connectivity index (χ0) is 13.5. The molecule has 0 amide bonds. The number of carboxylic acids is 1. The number of aliphatic carboxylic acids is 1. The topological polar surface area (TPSA) is 91.7 Å². The van der Waals surface area contributed by atoms with Gasteiger partial charge in [-0.15, -0.1) is 0 Å². The third-order valence-corrected chi connectivity index (χ3v) is 3.91. The summed E-state index contributed by atoms with van der Waals surface area (Å²) in [4.78, 5) is 35.1. The molecule has 98 valence electrons. The first-order chi connectivity index (χ1) is 8.41. The SMILES string of the molecule is CCC1(C(=O)O)CC(=O)C(=C(O)C2CC2)C(=O)C1. The molecule has 2 rings (SSSR count). The summed E-state index contributed by atoms with van der Waals surface area (Å²) in [7, 11) is 0. The minimum absolute atomic E-state index is 0.0770. The number of rotatable bonds is 3. The van der Waals surface area contributed by atoms with Gasteiger partial charge in [0, 0.05) is 18.8 Å². The molecule has 18 heavy (non-hydrogen) atoms. The number of hydrogen-bond acceptors (Lipinski definition) is 4. The molecule has 0 aliphatic heterocycles. The highest BCUT2D eigenvalue weighted by atomic mass is 16.4. The van der Waals surface area contributed by atoms with Crippen molar-refractivity contribution in [3.05, 3.63) is 11.3 Å². The number of Topliss-reactive ketones (excluding diaryl/α,β-unsaturated/α-hetero) is 2. The Kier molecular flexibility index (Phi) is 3.00. The Morgan fingerprint density at radius 2 is 1.72 bits per heavy atom. The first-order valence-electron chi connectivity index (χ1n) is 6.14. The predicted octanol–water partition coefficient (Wildman–Crippen LogP) is 1.62. The smallest absolute Gasteiger partial charge is 0.310 e. The predicted molar refractivity (Wildman–Crippen MR) is 62.0 cm³/mol. The molecule has 2 aliphatic carbocycles. The van der Waals surface area contributed by atoms with Crippen LogP contribution in [-0.4, -0.2) is 27.7 Å². The maximum absolute atomic E-state index is 12.0. The normalized spacial score (nSPS) is 28.4. The molecule has 2 N–H and O–H groups in total. The highest BCUT2D eigenvalue weighted by molar-refractivity contribution is 6.24. The van der Waals surface area contributed by atoms with Crippen LogP contribution in [0.5, 0.6) is 0 Å².